The number of hydrogen-bond acceptors (Lipinski definition) is 6. The fraction of sp³-hybridized carbons (Fsp3) is 0.167. The number of halogens is 1. The van der Waals surface area contributed by atoms with E-state index in [1.807, 2.05) is 0 Å². The average molecular weight is 428 g/mol. The molecule has 0 spiro atoms. The van der Waals surface area contributed by atoms with Crippen molar-refractivity contribution in [2.45, 2.75) is 12.1 Å². The Bertz CT molecular complexity index is 932. The van der Waals surface area contributed by atoms with Gasteiger partial charge in [0.1, 0.15) is 6.54 Å². The standard InChI is InChI=1S/C18H14BrN5O3/c19-11-6-8-12(9-7-11)20-14(25)10-23-16-15(21-22-23)17(26)24(18(16)27)13-4-2-1-3-5-13/h1-9,15-16H,10H2,(H,20,25)/t15-,16-/m0/s1. The molecule has 0 unspecified atom stereocenters. The number of para-hydroxylation sites is 1. The Kier molecular flexibility index (Phi) is 4.44. The molecule has 3 amide bonds. The number of hydrogen-bond donors (Lipinski definition) is 1. The van der Waals surface area contributed by atoms with E-state index in [9.17, 15) is 14.4 Å². The molecule has 0 aromatic heterocycles. The van der Waals surface area contributed by atoms with E-state index in [0.29, 0.717) is 11.4 Å². The smallest absolute Gasteiger partial charge is 0.263 e. The first-order chi connectivity index (χ1) is 13.0. The maximum Gasteiger partial charge on any atom is 0.263 e. The number of anilines is 2. The lowest BCUT2D eigenvalue weighted by Crippen LogP contribution is -2.43. The summed E-state index contributed by atoms with van der Waals surface area (Å²) in [6.07, 6.45) is 0. The lowest BCUT2D eigenvalue weighted by atomic mass is 10.1. The van der Waals surface area contributed by atoms with Crippen molar-refractivity contribution in [2.24, 2.45) is 10.3 Å². The number of fused-ring (bicyclic) bond motifs is 1. The molecule has 1 fully saturated rings. The summed E-state index contributed by atoms with van der Waals surface area (Å²) >= 11 is 3.33. The molecule has 0 saturated carbocycles. The minimum atomic E-state index is -0.918. The van der Waals surface area contributed by atoms with E-state index < -0.39 is 23.9 Å². The quantitative estimate of drug-likeness (QED) is 0.757. The number of amides is 3. The molecule has 136 valence electrons. The highest BCUT2D eigenvalue weighted by atomic mass is 79.9. The fourth-order valence-electron chi connectivity index (χ4n) is 3.07. The zero-order valence-corrected chi connectivity index (χ0v) is 15.5. The van der Waals surface area contributed by atoms with Crippen molar-refractivity contribution < 1.29 is 14.4 Å². The fourth-order valence-corrected chi connectivity index (χ4v) is 3.33. The molecule has 9 heteroatoms. The van der Waals surface area contributed by atoms with Gasteiger partial charge >= 0.3 is 0 Å². The van der Waals surface area contributed by atoms with Crippen molar-refractivity contribution in [1.29, 1.82) is 0 Å². The second kappa shape index (κ2) is 6.92. The third-order valence-corrected chi connectivity index (χ3v) is 4.83. The van der Waals surface area contributed by atoms with Crippen LogP contribution in [0.3, 0.4) is 0 Å². The van der Waals surface area contributed by atoms with E-state index in [1.54, 1.807) is 54.6 Å². The first-order valence-electron chi connectivity index (χ1n) is 8.20. The molecule has 0 bridgehead atoms. The van der Waals surface area contributed by atoms with Gasteiger partial charge in [-0.1, -0.05) is 39.4 Å². The maximum absolute atomic E-state index is 12.8. The van der Waals surface area contributed by atoms with Gasteiger partial charge in [0.25, 0.3) is 11.8 Å². The van der Waals surface area contributed by atoms with Gasteiger partial charge < -0.3 is 5.32 Å². The normalized spacial score (nSPS) is 20.9. The summed E-state index contributed by atoms with van der Waals surface area (Å²) in [7, 11) is 0. The molecule has 2 heterocycles. The Morgan fingerprint density at radius 1 is 1.04 bits per heavy atom. The summed E-state index contributed by atoms with van der Waals surface area (Å²) < 4.78 is 0.896. The molecule has 2 aromatic carbocycles. The van der Waals surface area contributed by atoms with Crippen LogP contribution in [-0.4, -0.2) is 41.4 Å². The molecule has 4 rings (SSSR count). The van der Waals surface area contributed by atoms with Crippen molar-refractivity contribution in [2.75, 3.05) is 16.8 Å². The maximum atomic E-state index is 12.8. The van der Waals surface area contributed by atoms with Crippen molar-refractivity contribution in [3.05, 3.63) is 59.1 Å². The van der Waals surface area contributed by atoms with Gasteiger partial charge in [0.15, 0.2) is 12.1 Å². The van der Waals surface area contributed by atoms with Gasteiger partial charge in [0, 0.05) is 10.2 Å². The van der Waals surface area contributed by atoms with Gasteiger partial charge in [0.2, 0.25) is 5.91 Å². The first kappa shape index (κ1) is 17.3. The predicted molar refractivity (Wildman–Crippen MR) is 101 cm³/mol. The lowest BCUT2D eigenvalue weighted by molar-refractivity contribution is -0.123. The van der Waals surface area contributed by atoms with Crippen LogP contribution in [0.25, 0.3) is 0 Å². The zero-order valence-electron chi connectivity index (χ0n) is 13.9. The van der Waals surface area contributed by atoms with Crippen LogP contribution in [0.4, 0.5) is 11.4 Å². The highest BCUT2D eigenvalue weighted by molar-refractivity contribution is 9.10. The molecular weight excluding hydrogens is 414 g/mol. The number of rotatable bonds is 4. The number of carbonyl (C=O) groups excluding carboxylic acids is 3. The van der Waals surface area contributed by atoms with E-state index in [0.717, 1.165) is 9.37 Å². The largest absolute Gasteiger partial charge is 0.324 e. The summed E-state index contributed by atoms with van der Waals surface area (Å²) in [4.78, 5) is 38.8. The molecule has 2 atom stereocenters. The van der Waals surface area contributed by atoms with Gasteiger partial charge in [0.05, 0.1) is 5.69 Å². The van der Waals surface area contributed by atoms with Crippen LogP contribution in [0.1, 0.15) is 0 Å². The van der Waals surface area contributed by atoms with Crippen molar-refractivity contribution in [3.63, 3.8) is 0 Å². The molecule has 2 aliphatic rings. The number of imide groups is 1. The highest BCUT2D eigenvalue weighted by Crippen LogP contribution is 2.31. The van der Waals surface area contributed by atoms with Gasteiger partial charge in [-0.15, -0.1) is 0 Å². The average Bonchev–Trinajstić information content (AvgIpc) is 3.18. The zero-order chi connectivity index (χ0) is 19.0. The summed E-state index contributed by atoms with van der Waals surface area (Å²) in [6, 6.07) is 13.9. The lowest BCUT2D eigenvalue weighted by Gasteiger charge is -2.20. The third kappa shape index (κ3) is 3.21. The second-order valence-corrected chi connectivity index (χ2v) is 7.01. The first-order valence-corrected chi connectivity index (χ1v) is 8.99. The van der Waals surface area contributed by atoms with Gasteiger partial charge in [-0.05, 0) is 36.4 Å². The summed E-state index contributed by atoms with van der Waals surface area (Å²) in [6.45, 7) is -0.178. The molecule has 2 aliphatic heterocycles. The molecule has 27 heavy (non-hydrogen) atoms. The Hall–Kier alpha value is -3.07. The predicted octanol–water partition coefficient (Wildman–Crippen LogP) is 2.38. The molecule has 0 aliphatic carbocycles. The SMILES string of the molecule is O=C(CN1N=N[C@@H]2C(=O)N(c3ccccc3)C(=O)[C@H]21)Nc1ccc(Br)cc1. The molecule has 8 nitrogen and oxygen atoms in total. The minimum absolute atomic E-state index is 0.178. The van der Waals surface area contributed by atoms with Crippen molar-refractivity contribution in [3.8, 4) is 0 Å². The van der Waals surface area contributed by atoms with E-state index in [1.165, 1.54) is 5.01 Å². The van der Waals surface area contributed by atoms with E-state index >= 15 is 0 Å². The molecule has 2 aromatic rings. The monoisotopic (exact) mass is 427 g/mol. The van der Waals surface area contributed by atoms with Gasteiger partial charge in [-0.3, -0.25) is 19.4 Å². The number of nitrogens with zero attached hydrogens (tertiary/aromatic N) is 4. The van der Waals surface area contributed by atoms with Crippen molar-refractivity contribution in [1.82, 2.24) is 5.01 Å². The molecule has 0 radical (unpaired) electrons. The topological polar surface area (TPSA) is 94.4 Å². The van der Waals surface area contributed by atoms with Gasteiger partial charge in [-0.25, -0.2) is 4.90 Å². The Labute approximate surface area is 163 Å². The number of carbonyl (C=O) groups is 3. The van der Waals surface area contributed by atoms with Crippen molar-refractivity contribution >= 4 is 45.0 Å². The summed E-state index contributed by atoms with van der Waals surface area (Å²) in [5, 5.41) is 11.8. The third-order valence-electron chi connectivity index (χ3n) is 4.31. The van der Waals surface area contributed by atoms with Crippen LogP contribution >= 0.6 is 15.9 Å². The van der Waals surface area contributed by atoms with Crippen LogP contribution < -0.4 is 10.2 Å². The highest BCUT2D eigenvalue weighted by Gasteiger charge is 2.55. The van der Waals surface area contributed by atoms with Crippen LogP contribution in [0, 0.1) is 0 Å². The summed E-state index contributed by atoms with van der Waals surface area (Å²) in [5.41, 5.74) is 1.10. The van der Waals surface area contributed by atoms with Crippen LogP contribution in [-0.2, 0) is 14.4 Å². The minimum Gasteiger partial charge on any atom is -0.324 e. The van der Waals surface area contributed by atoms with Crippen LogP contribution in [0.2, 0.25) is 0 Å². The molecule has 1 N–H and O–H groups in total. The molecule has 1 saturated heterocycles. The van der Waals surface area contributed by atoms with E-state index in [-0.39, 0.29) is 12.5 Å². The second-order valence-electron chi connectivity index (χ2n) is 6.09. The molecular formula is C18H14BrN5O3. The van der Waals surface area contributed by atoms with Crippen LogP contribution in [0.15, 0.2) is 69.4 Å². The van der Waals surface area contributed by atoms with E-state index in [4.69, 9.17) is 0 Å². The Morgan fingerprint density at radius 2 is 1.74 bits per heavy atom. The number of benzene rings is 2. The van der Waals surface area contributed by atoms with Crippen LogP contribution in [0.5, 0.6) is 0 Å². The summed E-state index contributed by atoms with van der Waals surface area (Å²) in [5.74, 6) is -1.22. The Balaban J connectivity index is 1.47. The number of nitrogens with one attached hydrogen (secondary N) is 1. The van der Waals surface area contributed by atoms with E-state index in [2.05, 4.69) is 31.6 Å². The Morgan fingerprint density at radius 3 is 2.44 bits per heavy atom. The van der Waals surface area contributed by atoms with Gasteiger partial charge in [-0.2, -0.15) is 5.11 Å².